The highest BCUT2D eigenvalue weighted by atomic mass is 35.5. The van der Waals surface area contributed by atoms with Crippen molar-refractivity contribution in [3.63, 3.8) is 0 Å². The van der Waals surface area contributed by atoms with E-state index in [1.54, 1.807) is 51.8 Å². The van der Waals surface area contributed by atoms with Gasteiger partial charge in [-0.1, -0.05) is 40.5 Å². The SMILES string of the molecule is Cn1cc(CCc2nc(-c3cccc(S(C)(=O)=O)c3)nn2Cc2cc(Cl)ccc2Cl)nn1. The molecular formula is C21H20Cl2N6O2S. The molecule has 0 aliphatic carbocycles. The quantitative estimate of drug-likeness (QED) is 0.392. The van der Waals surface area contributed by atoms with Crippen LogP contribution >= 0.6 is 23.2 Å². The standard InChI is InChI=1S/C21H20Cl2N6O2S/c1-28-13-17(25-27-28)7-9-20-24-21(14-4-3-5-18(11-14)32(2,30)31)26-29(20)12-15-10-16(22)6-8-19(15)23/h3-6,8,10-11,13H,7,9,12H2,1-2H3. The van der Waals surface area contributed by atoms with Gasteiger partial charge in [0.25, 0.3) is 0 Å². The second kappa shape index (κ2) is 9.01. The first-order valence-corrected chi connectivity index (χ1v) is 12.4. The summed E-state index contributed by atoms with van der Waals surface area (Å²) < 4.78 is 27.4. The minimum atomic E-state index is -3.35. The lowest BCUT2D eigenvalue weighted by molar-refractivity contribution is 0.602. The first-order valence-electron chi connectivity index (χ1n) is 9.72. The molecular weight excluding hydrogens is 471 g/mol. The Morgan fingerprint density at radius 2 is 1.88 bits per heavy atom. The van der Waals surface area contributed by atoms with Gasteiger partial charge in [0.05, 0.1) is 17.1 Å². The Kier molecular flexibility index (Phi) is 6.32. The van der Waals surface area contributed by atoms with E-state index in [0.29, 0.717) is 46.6 Å². The third kappa shape index (κ3) is 5.17. The summed E-state index contributed by atoms with van der Waals surface area (Å²) >= 11 is 12.5. The van der Waals surface area contributed by atoms with Gasteiger partial charge in [-0.25, -0.2) is 18.1 Å². The lowest BCUT2D eigenvalue weighted by Gasteiger charge is -2.08. The number of aryl methyl sites for hydroxylation is 3. The van der Waals surface area contributed by atoms with Gasteiger partial charge < -0.3 is 0 Å². The van der Waals surface area contributed by atoms with Crippen LogP contribution in [0.15, 0.2) is 53.6 Å². The molecule has 0 saturated carbocycles. The van der Waals surface area contributed by atoms with Crippen LogP contribution in [0.4, 0.5) is 0 Å². The number of rotatable bonds is 7. The monoisotopic (exact) mass is 490 g/mol. The van der Waals surface area contributed by atoms with Crippen molar-refractivity contribution >= 4 is 33.0 Å². The Morgan fingerprint density at radius 3 is 2.59 bits per heavy atom. The van der Waals surface area contributed by atoms with Crippen LogP contribution in [0.25, 0.3) is 11.4 Å². The van der Waals surface area contributed by atoms with E-state index < -0.39 is 9.84 Å². The van der Waals surface area contributed by atoms with Crippen LogP contribution in [0.3, 0.4) is 0 Å². The third-order valence-corrected chi connectivity index (χ3v) is 6.57. The summed E-state index contributed by atoms with van der Waals surface area (Å²) in [6.45, 7) is 0.369. The highest BCUT2D eigenvalue weighted by Crippen LogP contribution is 2.24. The van der Waals surface area contributed by atoms with Crippen LogP contribution in [0.5, 0.6) is 0 Å². The largest absolute Gasteiger partial charge is 0.255 e. The minimum Gasteiger partial charge on any atom is -0.255 e. The van der Waals surface area contributed by atoms with Crippen molar-refractivity contribution in [1.82, 2.24) is 29.8 Å². The van der Waals surface area contributed by atoms with E-state index in [4.69, 9.17) is 28.2 Å². The molecule has 8 nitrogen and oxygen atoms in total. The predicted octanol–water partition coefficient (Wildman–Crippen LogP) is 3.62. The lowest BCUT2D eigenvalue weighted by atomic mass is 10.2. The molecule has 0 aliphatic heterocycles. The molecule has 0 unspecified atom stereocenters. The van der Waals surface area contributed by atoms with Crippen LogP contribution < -0.4 is 0 Å². The van der Waals surface area contributed by atoms with E-state index in [2.05, 4.69) is 15.4 Å². The number of sulfone groups is 1. The van der Waals surface area contributed by atoms with E-state index in [1.165, 1.54) is 6.26 Å². The van der Waals surface area contributed by atoms with Gasteiger partial charge in [0.15, 0.2) is 15.7 Å². The van der Waals surface area contributed by atoms with Gasteiger partial charge in [-0.2, -0.15) is 5.10 Å². The van der Waals surface area contributed by atoms with Gasteiger partial charge >= 0.3 is 0 Å². The molecule has 0 amide bonds. The molecule has 0 N–H and O–H groups in total. The fourth-order valence-electron chi connectivity index (χ4n) is 3.25. The number of benzene rings is 2. The molecule has 0 fully saturated rings. The number of nitrogens with zero attached hydrogens (tertiary/aromatic N) is 6. The topological polar surface area (TPSA) is 95.6 Å². The molecule has 2 aromatic heterocycles. The molecule has 0 aliphatic rings. The van der Waals surface area contributed by atoms with Gasteiger partial charge in [-0.15, -0.1) is 5.10 Å². The Labute approximate surface area is 195 Å². The molecule has 2 aromatic carbocycles. The summed E-state index contributed by atoms with van der Waals surface area (Å²) in [6.07, 6.45) is 4.21. The second-order valence-electron chi connectivity index (χ2n) is 7.43. The van der Waals surface area contributed by atoms with Gasteiger partial charge in [0.2, 0.25) is 0 Å². The Hall–Kier alpha value is -2.75. The van der Waals surface area contributed by atoms with Crippen molar-refractivity contribution < 1.29 is 8.42 Å². The summed E-state index contributed by atoms with van der Waals surface area (Å²) in [5.41, 5.74) is 2.26. The van der Waals surface area contributed by atoms with Gasteiger partial charge in [0, 0.05) is 48.0 Å². The fourth-order valence-corrected chi connectivity index (χ4v) is 4.29. The highest BCUT2D eigenvalue weighted by Gasteiger charge is 2.16. The molecule has 0 spiro atoms. The molecule has 0 atom stereocenters. The van der Waals surface area contributed by atoms with Gasteiger partial charge in [-0.3, -0.25) is 4.68 Å². The van der Waals surface area contributed by atoms with E-state index >= 15 is 0 Å². The number of halogens is 2. The van der Waals surface area contributed by atoms with Crippen LogP contribution in [0.1, 0.15) is 17.1 Å². The molecule has 0 radical (unpaired) electrons. The van der Waals surface area contributed by atoms with Crippen molar-refractivity contribution in [2.75, 3.05) is 6.26 Å². The molecule has 4 rings (SSSR count). The van der Waals surface area contributed by atoms with Crippen LogP contribution in [-0.4, -0.2) is 44.4 Å². The maximum atomic E-state index is 12.0. The zero-order valence-electron chi connectivity index (χ0n) is 17.4. The predicted molar refractivity (Wildman–Crippen MR) is 123 cm³/mol. The lowest BCUT2D eigenvalue weighted by Crippen LogP contribution is -2.09. The summed E-state index contributed by atoms with van der Waals surface area (Å²) in [7, 11) is -1.54. The maximum Gasteiger partial charge on any atom is 0.181 e. The van der Waals surface area contributed by atoms with Crippen molar-refractivity contribution in [2.45, 2.75) is 24.3 Å². The molecule has 2 heterocycles. The first kappa shape index (κ1) is 22.4. The summed E-state index contributed by atoms with van der Waals surface area (Å²) in [5, 5.41) is 13.9. The molecule has 11 heteroatoms. The Morgan fingerprint density at radius 1 is 1.06 bits per heavy atom. The second-order valence-corrected chi connectivity index (χ2v) is 10.3. The molecule has 166 valence electrons. The molecule has 0 saturated heterocycles. The summed E-state index contributed by atoms with van der Waals surface area (Å²) in [4.78, 5) is 4.91. The number of hydrogen-bond acceptors (Lipinski definition) is 6. The first-order chi connectivity index (χ1) is 15.2. The zero-order valence-corrected chi connectivity index (χ0v) is 19.7. The summed E-state index contributed by atoms with van der Waals surface area (Å²) in [6, 6.07) is 11.9. The zero-order chi connectivity index (χ0) is 22.9. The molecule has 0 bridgehead atoms. The highest BCUT2D eigenvalue weighted by molar-refractivity contribution is 7.90. The van der Waals surface area contributed by atoms with Crippen molar-refractivity contribution in [3.8, 4) is 11.4 Å². The van der Waals surface area contributed by atoms with E-state index in [9.17, 15) is 8.42 Å². The Bertz CT molecular complexity index is 1380. The van der Waals surface area contributed by atoms with E-state index in [0.717, 1.165) is 11.3 Å². The number of aromatic nitrogens is 6. The normalized spacial score (nSPS) is 11.8. The van der Waals surface area contributed by atoms with Crippen LogP contribution in [0.2, 0.25) is 10.0 Å². The average molecular weight is 491 g/mol. The van der Waals surface area contributed by atoms with Crippen molar-refractivity contribution in [2.24, 2.45) is 7.05 Å². The van der Waals surface area contributed by atoms with Gasteiger partial charge in [-0.05, 0) is 35.9 Å². The van der Waals surface area contributed by atoms with Crippen molar-refractivity contribution in [1.29, 1.82) is 0 Å². The minimum absolute atomic E-state index is 0.213. The smallest absolute Gasteiger partial charge is 0.181 e. The summed E-state index contributed by atoms with van der Waals surface area (Å²) in [5.74, 6) is 1.15. The van der Waals surface area contributed by atoms with E-state index in [-0.39, 0.29) is 4.90 Å². The van der Waals surface area contributed by atoms with E-state index in [1.807, 2.05) is 13.2 Å². The fraction of sp³-hybridized carbons (Fsp3) is 0.238. The molecule has 4 aromatic rings. The van der Waals surface area contributed by atoms with Crippen molar-refractivity contribution in [3.05, 3.63) is 75.8 Å². The van der Waals surface area contributed by atoms with Gasteiger partial charge in [0.1, 0.15) is 5.82 Å². The molecule has 32 heavy (non-hydrogen) atoms. The Balaban J connectivity index is 1.71. The maximum absolute atomic E-state index is 12.0. The average Bonchev–Trinajstić information content (AvgIpc) is 3.34. The number of hydrogen-bond donors (Lipinski definition) is 0. The van der Waals surface area contributed by atoms with Crippen LogP contribution in [-0.2, 0) is 36.3 Å². The third-order valence-electron chi connectivity index (χ3n) is 4.85. The van der Waals surface area contributed by atoms with Crippen LogP contribution in [0, 0.1) is 0 Å².